The molecule has 6 aromatic carbocycles. The second-order valence-electron chi connectivity index (χ2n) is 10.2. The molecule has 0 bridgehead atoms. The largest absolute Gasteiger partial charge is 0.276 e. The molecular weight excluding hydrogens is 596 g/mol. The minimum atomic E-state index is 0.0108. The molecule has 8 rings (SSSR count). The van der Waals surface area contributed by atoms with Gasteiger partial charge in [-0.25, -0.2) is 0 Å². The Bertz CT molecular complexity index is 2400. The monoisotopic (exact) mass is 620 g/mol. The van der Waals surface area contributed by atoms with E-state index in [4.69, 9.17) is 0 Å². The van der Waals surface area contributed by atoms with Crippen molar-refractivity contribution in [1.29, 1.82) is 0 Å². The standard InChI is InChI=1S/C19H12BrNO.C19H13NO/c20-13-10-11-18-17(12-13)15-8-4-5-9-16(15)19(22)21(18)14-6-2-1-3-7-14;21-19-17-12-5-4-10-15(17)16-11-6-7-13-18(16)20(19)14-8-2-1-3-9-14/h1-12H;1-13H. The van der Waals surface area contributed by atoms with Gasteiger partial charge in [0.15, 0.2) is 0 Å². The van der Waals surface area contributed by atoms with E-state index in [2.05, 4.69) is 28.1 Å². The smallest absolute Gasteiger partial charge is 0.263 e. The van der Waals surface area contributed by atoms with Crippen molar-refractivity contribution in [2.75, 3.05) is 0 Å². The van der Waals surface area contributed by atoms with Crippen molar-refractivity contribution in [2.45, 2.75) is 0 Å². The summed E-state index contributed by atoms with van der Waals surface area (Å²) in [7, 11) is 0. The van der Waals surface area contributed by atoms with Crippen LogP contribution in [0.5, 0.6) is 0 Å². The molecule has 0 atom stereocenters. The van der Waals surface area contributed by atoms with Gasteiger partial charge in [0.1, 0.15) is 0 Å². The molecule has 0 fully saturated rings. The molecule has 0 amide bonds. The lowest BCUT2D eigenvalue weighted by Crippen LogP contribution is -2.19. The van der Waals surface area contributed by atoms with E-state index in [0.717, 1.165) is 59.2 Å². The lowest BCUT2D eigenvalue weighted by Gasteiger charge is -2.13. The number of pyridine rings is 2. The fourth-order valence-corrected chi connectivity index (χ4v) is 6.11. The van der Waals surface area contributed by atoms with Crippen LogP contribution in [0.25, 0.3) is 54.7 Å². The van der Waals surface area contributed by atoms with Gasteiger partial charge in [0.2, 0.25) is 0 Å². The van der Waals surface area contributed by atoms with Gasteiger partial charge in [-0.05, 0) is 71.4 Å². The molecule has 2 aromatic heterocycles. The van der Waals surface area contributed by atoms with Gasteiger partial charge in [0, 0.05) is 37.4 Å². The predicted octanol–water partition coefficient (Wildman–Crippen LogP) is 9.05. The molecule has 8 aromatic rings. The van der Waals surface area contributed by atoms with Crippen LogP contribution in [0, 0.1) is 0 Å². The van der Waals surface area contributed by atoms with Crippen LogP contribution in [0.2, 0.25) is 0 Å². The summed E-state index contributed by atoms with van der Waals surface area (Å²) in [4.78, 5) is 25.9. The third-order valence-electron chi connectivity index (χ3n) is 7.67. The van der Waals surface area contributed by atoms with E-state index in [9.17, 15) is 9.59 Å². The van der Waals surface area contributed by atoms with Crippen LogP contribution >= 0.6 is 15.9 Å². The molecule has 0 saturated carbocycles. The highest BCUT2D eigenvalue weighted by Crippen LogP contribution is 2.28. The Hall–Kier alpha value is -5.26. The summed E-state index contributed by atoms with van der Waals surface area (Å²) in [6.45, 7) is 0. The number of benzene rings is 6. The lowest BCUT2D eigenvalue weighted by molar-refractivity contribution is 1.06. The van der Waals surface area contributed by atoms with Crippen molar-refractivity contribution >= 4 is 59.3 Å². The Morgan fingerprint density at radius 3 is 1.30 bits per heavy atom. The second kappa shape index (κ2) is 11.2. The third kappa shape index (κ3) is 4.74. The summed E-state index contributed by atoms with van der Waals surface area (Å²) in [5, 5.41) is 5.63. The van der Waals surface area contributed by atoms with Crippen molar-refractivity contribution in [2.24, 2.45) is 0 Å². The first-order valence-electron chi connectivity index (χ1n) is 14.0. The molecule has 2 heterocycles. The van der Waals surface area contributed by atoms with Crippen LogP contribution in [-0.4, -0.2) is 9.13 Å². The molecule has 0 aliphatic rings. The lowest BCUT2D eigenvalue weighted by atomic mass is 10.1. The number of rotatable bonds is 2. The average Bonchev–Trinajstić information content (AvgIpc) is 3.07. The van der Waals surface area contributed by atoms with Crippen LogP contribution in [0.4, 0.5) is 0 Å². The Balaban J connectivity index is 0.000000140. The van der Waals surface area contributed by atoms with E-state index < -0.39 is 0 Å². The molecule has 5 heteroatoms. The predicted molar refractivity (Wildman–Crippen MR) is 182 cm³/mol. The molecule has 206 valence electrons. The normalized spacial score (nSPS) is 11.1. The summed E-state index contributed by atoms with van der Waals surface area (Å²) in [6.07, 6.45) is 0. The van der Waals surface area contributed by atoms with Gasteiger partial charge in [0.25, 0.3) is 11.1 Å². The molecular formula is C38H25BrN2O2. The quantitative estimate of drug-likeness (QED) is 0.181. The molecule has 0 radical (unpaired) electrons. The van der Waals surface area contributed by atoms with E-state index in [1.165, 1.54) is 0 Å². The van der Waals surface area contributed by atoms with Crippen molar-refractivity contribution in [3.63, 3.8) is 0 Å². The van der Waals surface area contributed by atoms with Gasteiger partial charge in [-0.3, -0.25) is 18.7 Å². The third-order valence-corrected chi connectivity index (χ3v) is 8.17. The highest BCUT2D eigenvalue weighted by Gasteiger charge is 2.13. The Morgan fingerprint density at radius 2 is 0.767 bits per heavy atom. The zero-order valence-corrected chi connectivity index (χ0v) is 24.6. The zero-order chi connectivity index (χ0) is 29.3. The summed E-state index contributed by atoms with van der Waals surface area (Å²) in [5.74, 6) is 0. The molecule has 0 spiro atoms. The zero-order valence-electron chi connectivity index (χ0n) is 23.0. The van der Waals surface area contributed by atoms with E-state index >= 15 is 0 Å². The number of hydrogen-bond acceptors (Lipinski definition) is 2. The number of fused-ring (bicyclic) bond motifs is 6. The summed E-state index contributed by atoms with van der Waals surface area (Å²) < 4.78 is 4.57. The molecule has 43 heavy (non-hydrogen) atoms. The Labute approximate surface area is 255 Å². The molecule has 0 N–H and O–H groups in total. The molecule has 0 aliphatic heterocycles. The van der Waals surface area contributed by atoms with Gasteiger partial charge >= 0.3 is 0 Å². The SMILES string of the molecule is O=c1c2ccccc2c2cc(Br)ccc2n1-c1ccccc1.O=c1c2ccccc2c2ccccc2n1-c1ccccc1. The number of aromatic nitrogens is 2. The summed E-state index contributed by atoms with van der Waals surface area (Å²) >= 11 is 3.53. The average molecular weight is 622 g/mol. The first kappa shape index (κ1) is 26.6. The van der Waals surface area contributed by atoms with Crippen LogP contribution < -0.4 is 11.1 Å². The highest BCUT2D eigenvalue weighted by molar-refractivity contribution is 9.10. The number of halogens is 1. The summed E-state index contributed by atoms with van der Waals surface area (Å²) in [6, 6.07) is 49.1. The van der Waals surface area contributed by atoms with Crippen LogP contribution in [0.1, 0.15) is 0 Å². The molecule has 0 saturated heterocycles. The van der Waals surface area contributed by atoms with Gasteiger partial charge < -0.3 is 0 Å². The maximum absolute atomic E-state index is 13.0. The fourth-order valence-electron chi connectivity index (χ4n) is 5.75. The van der Waals surface area contributed by atoms with Gasteiger partial charge in [-0.15, -0.1) is 0 Å². The van der Waals surface area contributed by atoms with E-state index in [-0.39, 0.29) is 11.1 Å². The Kier molecular flexibility index (Phi) is 6.93. The highest BCUT2D eigenvalue weighted by atomic mass is 79.9. The molecule has 4 nitrogen and oxygen atoms in total. The van der Waals surface area contributed by atoms with Crippen LogP contribution in [-0.2, 0) is 0 Å². The van der Waals surface area contributed by atoms with Gasteiger partial charge in [0.05, 0.1) is 11.0 Å². The van der Waals surface area contributed by atoms with E-state index in [1.54, 1.807) is 9.13 Å². The first-order valence-corrected chi connectivity index (χ1v) is 14.8. The Morgan fingerprint density at radius 1 is 0.372 bits per heavy atom. The van der Waals surface area contributed by atoms with Crippen molar-refractivity contribution in [3.8, 4) is 11.4 Å². The molecule has 0 aliphatic carbocycles. The van der Waals surface area contributed by atoms with E-state index in [0.29, 0.717) is 0 Å². The van der Waals surface area contributed by atoms with Crippen LogP contribution in [0.15, 0.2) is 166 Å². The number of para-hydroxylation sites is 3. The molecule has 0 unspecified atom stereocenters. The maximum Gasteiger partial charge on any atom is 0.263 e. The van der Waals surface area contributed by atoms with Crippen LogP contribution in [0.3, 0.4) is 0 Å². The first-order chi connectivity index (χ1) is 21.1. The van der Waals surface area contributed by atoms with Gasteiger partial charge in [-0.2, -0.15) is 0 Å². The minimum absolute atomic E-state index is 0.0108. The van der Waals surface area contributed by atoms with Crippen molar-refractivity contribution in [1.82, 2.24) is 9.13 Å². The van der Waals surface area contributed by atoms with Crippen molar-refractivity contribution < 1.29 is 0 Å². The maximum atomic E-state index is 13.0. The second-order valence-corrected chi connectivity index (χ2v) is 11.1. The van der Waals surface area contributed by atoms with Crippen molar-refractivity contribution in [3.05, 3.63) is 177 Å². The summed E-state index contributed by atoms with van der Waals surface area (Å²) in [5.41, 5.74) is 3.66. The fraction of sp³-hybridized carbons (Fsp3) is 0. The van der Waals surface area contributed by atoms with Gasteiger partial charge in [-0.1, -0.05) is 107 Å². The number of nitrogens with zero attached hydrogens (tertiary/aromatic N) is 2. The van der Waals surface area contributed by atoms with E-state index in [1.807, 2.05) is 140 Å². The topological polar surface area (TPSA) is 44.0 Å². The minimum Gasteiger partial charge on any atom is -0.276 e. The number of hydrogen-bond donors (Lipinski definition) is 0.